The van der Waals surface area contributed by atoms with E-state index in [9.17, 15) is 4.79 Å². The summed E-state index contributed by atoms with van der Waals surface area (Å²) in [6, 6.07) is 9.85. The molecule has 6 nitrogen and oxygen atoms in total. The summed E-state index contributed by atoms with van der Waals surface area (Å²) in [5, 5.41) is 6.06. The summed E-state index contributed by atoms with van der Waals surface area (Å²) in [4.78, 5) is 25.0. The summed E-state index contributed by atoms with van der Waals surface area (Å²) < 4.78 is 0. The van der Waals surface area contributed by atoms with Gasteiger partial charge in [-0.05, 0) is 25.1 Å². The Hall–Kier alpha value is -3.28. The van der Waals surface area contributed by atoms with Crippen LogP contribution in [-0.4, -0.2) is 20.9 Å². The summed E-state index contributed by atoms with van der Waals surface area (Å²) in [5.41, 5.74) is 5.16. The smallest absolute Gasteiger partial charge is 0.228 e. The molecule has 3 heterocycles. The van der Waals surface area contributed by atoms with Crippen LogP contribution in [0.2, 0.25) is 0 Å². The number of fused-ring (bicyclic) bond motifs is 3. The van der Waals surface area contributed by atoms with Gasteiger partial charge in [0.2, 0.25) is 11.9 Å². The molecule has 0 aliphatic carbocycles. The van der Waals surface area contributed by atoms with Crippen molar-refractivity contribution >= 4 is 23.2 Å². The quantitative estimate of drug-likeness (QED) is 0.759. The van der Waals surface area contributed by atoms with Crippen molar-refractivity contribution in [3.8, 4) is 11.3 Å². The van der Waals surface area contributed by atoms with Crippen molar-refractivity contribution in [2.45, 2.75) is 13.3 Å². The molecule has 0 atom stereocenters. The second-order valence-electron chi connectivity index (χ2n) is 5.70. The highest BCUT2D eigenvalue weighted by Gasteiger charge is 2.20. The molecule has 2 N–H and O–H groups in total. The number of carbonyl (C=O) groups excluding carboxylic acids is 1. The van der Waals surface area contributed by atoms with E-state index in [1.807, 2.05) is 37.3 Å². The van der Waals surface area contributed by atoms with Crippen LogP contribution in [0.1, 0.15) is 11.1 Å². The first-order chi connectivity index (χ1) is 11.7. The largest absolute Gasteiger partial charge is 0.324 e. The van der Waals surface area contributed by atoms with Crippen LogP contribution < -0.4 is 10.6 Å². The average molecular weight is 317 g/mol. The first-order valence-electron chi connectivity index (χ1n) is 7.63. The van der Waals surface area contributed by atoms with E-state index in [1.165, 1.54) is 5.56 Å². The van der Waals surface area contributed by atoms with E-state index in [4.69, 9.17) is 0 Å². The van der Waals surface area contributed by atoms with Gasteiger partial charge in [-0.2, -0.15) is 0 Å². The van der Waals surface area contributed by atoms with E-state index >= 15 is 0 Å². The molecule has 0 saturated heterocycles. The molecule has 1 amide bonds. The number of hydrogen-bond donors (Lipinski definition) is 2. The lowest BCUT2D eigenvalue weighted by Crippen LogP contribution is -2.12. The molecule has 2 aromatic heterocycles. The molecule has 118 valence electrons. The fraction of sp³-hybridized carbons (Fsp3) is 0.111. The maximum Gasteiger partial charge on any atom is 0.228 e. The number of aryl methyl sites for hydroxylation is 1. The van der Waals surface area contributed by atoms with E-state index in [-0.39, 0.29) is 12.3 Å². The average Bonchev–Trinajstić information content (AvgIpc) is 2.72. The zero-order valence-electron chi connectivity index (χ0n) is 13.1. The second-order valence-corrected chi connectivity index (χ2v) is 5.70. The highest BCUT2D eigenvalue weighted by atomic mass is 16.1. The Morgan fingerprint density at radius 2 is 1.96 bits per heavy atom. The van der Waals surface area contributed by atoms with Crippen molar-refractivity contribution in [3.63, 3.8) is 0 Å². The SMILES string of the molecule is Cc1ccc(Nc2ncc3c(n2)-c2ccncc2NC(=O)C3)cc1. The van der Waals surface area contributed by atoms with Gasteiger partial charge in [-0.15, -0.1) is 0 Å². The van der Waals surface area contributed by atoms with E-state index in [0.717, 1.165) is 22.5 Å². The zero-order valence-corrected chi connectivity index (χ0v) is 13.1. The molecule has 3 aromatic rings. The van der Waals surface area contributed by atoms with Crippen LogP contribution in [0.25, 0.3) is 11.3 Å². The van der Waals surface area contributed by atoms with Crippen molar-refractivity contribution < 1.29 is 4.79 Å². The number of amides is 1. The fourth-order valence-electron chi connectivity index (χ4n) is 2.66. The molecular formula is C18H15N5O. The number of nitrogens with one attached hydrogen (secondary N) is 2. The van der Waals surface area contributed by atoms with Crippen LogP contribution in [-0.2, 0) is 11.2 Å². The molecule has 0 unspecified atom stereocenters. The van der Waals surface area contributed by atoms with Crippen molar-refractivity contribution in [3.05, 3.63) is 60.0 Å². The van der Waals surface area contributed by atoms with Crippen LogP contribution in [0, 0.1) is 6.92 Å². The van der Waals surface area contributed by atoms with Gasteiger partial charge >= 0.3 is 0 Å². The summed E-state index contributed by atoms with van der Waals surface area (Å²) in [6.45, 7) is 2.04. The zero-order chi connectivity index (χ0) is 16.5. The summed E-state index contributed by atoms with van der Waals surface area (Å²) >= 11 is 0. The lowest BCUT2D eigenvalue weighted by atomic mass is 10.1. The van der Waals surface area contributed by atoms with Crippen LogP contribution in [0.15, 0.2) is 48.9 Å². The predicted molar refractivity (Wildman–Crippen MR) is 92.1 cm³/mol. The number of nitrogens with zero attached hydrogens (tertiary/aromatic N) is 3. The third kappa shape index (κ3) is 2.69. The lowest BCUT2D eigenvalue weighted by Gasteiger charge is -2.10. The van der Waals surface area contributed by atoms with Gasteiger partial charge in [-0.25, -0.2) is 9.97 Å². The molecule has 0 fully saturated rings. The van der Waals surface area contributed by atoms with E-state index < -0.39 is 0 Å². The number of anilines is 3. The normalized spacial score (nSPS) is 12.6. The molecule has 0 saturated carbocycles. The topological polar surface area (TPSA) is 79.8 Å². The Kier molecular flexibility index (Phi) is 3.42. The molecular weight excluding hydrogens is 302 g/mol. The number of hydrogen-bond acceptors (Lipinski definition) is 5. The van der Waals surface area contributed by atoms with Crippen molar-refractivity contribution in [1.29, 1.82) is 0 Å². The van der Waals surface area contributed by atoms with Gasteiger partial charge in [0.15, 0.2) is 0 Å². The highest BCUT2D eigenvalue weighted by Crippen LogP contribution is 2.32. The monoisotopic (exact) mass is 317 g/mol. The number of pyridine rings is 1. The second kappa shape index (κ2) is 5.73. The molecule has 4 rings (SSSR count). The summed E-state index contributed by atoms with van der Waals surface area (Å²) in [7, 11) is 0. The third-order valence-corrected chi connectivity index (χ3v) is 3.87. The Morgan fingerprint density at radius 1 is 1.12 bits per heavy atom. The number of aromatic nitrogens is 3. The van der Waals surface area contributed by atoms with Gasteiger partial charge in [0.1, 0.15) is 0 Å². The van der Waals surface area contributed by atoms with E-state index in [2.05, 4.69) is 25.6 Å². The van der Waals surface area contributed by atoms with E-state index in [1.54, 1.807) is 18.6 Å². The maximum absolute atomic E-state index is 12.0. The first kappa shape index (κ1) is 14.3. The molecule has 6 heteroatoms. The number of carbonyl (C=O) groups is 1. The van der Waals surface area contributed by atoms with E-state index in [0.29, 0.717) is 11.6 Å². The highest BCUT2D eigenvalue weighted by molar-refractivity contribution is 5.99. The van der Waals surface area contributed by atoms with Gasteiger partial charge in [-0.3, -0.25) is 9.78 Å². The van der Waals surface area contributed by atoms with Gasteiger partial charge < -0.3 is 10.6 Å². The van der Waals surface area contributed by atoms with Gasteiger partial charge in [0.25, 0.3) is 0 Å². The molecule has 24 heavy (non-hydrogen) atoms. The first-order valence-corrected chi connectivity index (χ1v) is 7.63. The Bertz CT molecular complexity index is 921. The van der Waals surface area contributed by atoms with Crippen LogP contribution in [0.5, 0.6) is 0 Å². The van der Waals surface area contributed by atoms with Crippen LogP contribution >= 0.6 is 0 Å². The van der Waals surface area contributed by atoms with Crippen molar-refractivity contribution in [1.82, 2.24) is 15.0 Å². The number of benzene rings is 1. The van der Waals surface area contributed by atoms with Gasteiger partial charge in [-0.1, -0.05) is 17.7 Å². The molecule has 0 bridgehead atoms. The number of rotatable bonds is 2. The van der Waals surface area contributed by atoms with Gasteiger partial charge in [0.05, 0.1) is 24.0 Å². The van der Waals surface area contributed by atoms with Gasteiger partial charge in [0, 0.05) is 29.2 Å². The fourth-order valence-corrected chi connectivity index (χ4v) is 2.66. The van der Waals surface area contributed by atoms with Crippen molar-refractivity contribution in [2.24, 2.45) is 0 Å². The molecule has 1 aliphatic rings. The predicted octanol–water partition coefficient (Wildman–Crippen LogP) is 3.09. The molecule has 1 aromatic carbocycles. The Morgan fingerprint density at radius 3 is 2.79 bits per heavy atom. The maximum atomic E-state index is 12.0. The standard InChI is InChI=1S/C18H15N5O/c1-11-2-4-13(5-3-11)21-18-20-9-12-8-16(24)22-15-10-19-7-6-14(15)17(12)23-18/h2-7,9-10H,8H2,1H3,(H,22,24)(H,20,21,23). The third-order valence-electron chi connectivity index (χ3n) is 3.87. The van der Waals surface area contributed by atoms with Crippen LogP contribution in [0.4, 0.5) is 17.3 Å². The summed E-state index contributed by atoms with van der Waals surface area (Å²) in [6.07, 6.45) is 5.27. The Balaban J connectivity index is 1.76. The minimum atomic E-state index is -0.0918. The molecule has 1 aliphatic heterocycles. The van der Waals surface area contributed by atoms with Crippen molar-refractivity contribution in [2.75, 3.05) is 10.6 Å². The molecule has 0 spiro atoms. The Labute approximate surface area is 139 Å². The van der Waals surface area contributed by atoms with Crippen LogP contribution in [0.3, 0.4) is 0 Å². The summed E-state index contributed by atoms with van der Waals surface area (Å²) in [5.74, 6) is 0.403. The minimum Gasteiger partial charge on any atom is -0.324 e. The minimum absolute atomic E-state index is 0.0918. The lowest BCUT2D eigenvalue weighted by molar-refractivity contribution is -0.115. The molecule has 0 radical (unpaired) electrons.